The summed E-state index contributed by atoms with van der Waals surface area (Å²) in [6, 6.07) is 11.3. The number of aryl methyl sites for hydroxylation is 2. The SMILES string of the molecule is [C-]#[N+]c1cc2c(-c3cccc(C)c3C)cn(C3CCNCC3)c2cc1C. The lowest BCUT2D eigenvalue weighted by atomic mass is 9.96. The van der Waals surface area contributed by atoms with Crippen LogP contribution in [0, 0.1) is 27.3 Å². The highest BCUT2D eigenvalue weighted by Gasteiger charge is 2.21. The topological polar surface area (TPSA) is 21.3 Å². The van der Waals surface area contributed by atoms with Crippen LogP contribution in [0.25, 0.3) is 26.9 Å². The van der Waals surface area contributed by atoms with E-state index in [0.717, 1.165) is 37.2 Å². The molecule has 1 aromatic heterocycles. The molecule has 0 unspecified atom stereocenters. The molecule has 0 spiro atoms. The first-order valence-corrected chi connectivity index (χ1v) is 9.40. The van der Waals surface area contributed by atoms with Crippen molar-refractivity contribution in [3.8, 4) is 11.1 Å². The molecule has 0 bridgehead atoms. The zero-order valence-corrected chi connectivity index (χ0v) is 15.8. The molecule has 3 heteroatoms. The maximum Gasteiger partial charge on any atom is 0.190 e. The molecular weight excluding hydrogens is 318 g/mol. The molecule has 0 atom stereocenters. The summed E-state index contributed by atoms with van der Waals surface area (Å²) in [5.74, 6) is 0. The van der Waals surface area contributed by atoms with Gasteiger partial charge in [0.05, 0.1) is 6.57 Å². The Kier molecular flexibility index (Phi) is 4.30. The summed E-state index contributed by atoms with van der Waals surface area (Å²) in [7, 11) is 0. The van der Waals surface area contributed by atoms with Gasteiger partial charge in [-0.25, -0.2) is 4.85 Å². The Hall–Kier alpha value is -2.57. The molecule has 132 valence electrons. The molecule has 1 aliphatic rings. The van der Waals surface area contributed by atoms with Crippen molar-refractivity contribution in [2.75, 3.05) is 13.1 Å². The van der Waals surface area contributed by atoms with E-state index in [1.54, 1.807) is 0 Å². The number of piperidine rings is 1. The van der Waals surface area contributed by atoms with Gasteiger partial charge in [0.1, 0.15) is 0 Å². The summed E-state index contributed by atoms with van der Waals surface area (Å²) in [4.78, 5) is 3.75. The Bertz CT molecular complexity index is 1010. The van der Waals surface area contributed by atoms with E-state index in [9.17, 15) is 0 Å². The molecule has 2 heterocycles. The van der Waals surface area contributed by atoms with Crippen molar-refractivity contribution in [2.24, 2.45) is 0 Å². The predicted octanol–water partition coefficient (Wildman–Crippen LogP) is 5.71. The molecule has 1 fully saturated rings. The van der Waals surface area contributed by atoms with Crippen molar-refractivity contribution in [1.29, 1.82) is 0 Å². The fraction of sp³-hybridized carbons (Fsp3) is 0.348. The molecule has 26 heavy (non-hydrogen) atoms. The molecule has 3 aromatic rings. The molecular formula is C23H25N3. The lowest BCUT2D eigenvalue weighted by molar-refractivity contribution is 0.376. The minimum Gasteiger partial charge on any atom is -0.344 e. The van der Waals surface area contributed by atoms with E-state index in [1.165, 1.54) is 33.2 Å². The van der Waals surface area contributed by atoms with E-state index in [-0.39, 0.29) is 0 Å². The average Bonchev–Trinajstić information content (AvgIpc) is 3.02. The van der Waals surface area contributed by atoms with Crippen LogP contribution in [0.4, 0.5) is 5.69 Å². The molecule has 2 aromatic carbocycles. The summed E-state index contributed by atoms with van der Waals surface area (Å²) >= 11 is 0. The van der Waals surface area contributed by atoms with Crippen LogP contribution in [0.15, 0.2) is 36.5 Å². The zero-order chi connectivity index (χ0) is 18.3. The number of fused-ring (bicyclic) bond motifs is 1. The average molecular weight is 343 g/mol. The number of hydrogen-bond donors (Lipinski definition) is 1. The molecule has 1 N–H and O–H groups in total. The maximum absolute atomic E-state index is 7.52. The Balaban J connectivity index is 2.00. The number of benzene rings is 2. The molecule has 0 saturated carbocycles. The normalized spacial score (nSPS) is 15.3. The van der Waals surface area contributed by atoms with Crippen molar-refractivity contribution in [3.63, 3.8) is 0 Å². The number of nitrogens with one attached hydrogen (secondary N) is 1. The molecule has 1 saturated heterocycles. The van der Waals surface area contributed by atoms with E-state index in [1.807, 2.05) is 6.92 Å². The second-order valence-corrected chi connectivity index (χ2v) is 7.45. The van der Waals surface area contributed by atoms with Crippen LogP contribution in [0.2, 0.25) is 0 Å². The quantitative estimate of drug-likeness (QED) is 0.591. The largest absolute Gasteiger partial charge is 0.344 e. The van der Waals surface area contributed by atoms with Crippen molar-refractivity contribution in [3.05, 3.63) is 64.6 Å². The Morgan fingerprint density at radius 1 is 1.04 bits per heavy atom. The van der Waals surface area contributed by atoms with Crippen molar-refractivity contribution < 1.29 is 0 Å². The fourth-order valence-corrected chi connectivity index (χ4v) is 4.15. The van der Waals surface area contributed by atoms with Gasteiger partial charge in [-0.15, -0.1) is 0 Å². The van der Waals surface area contributed by atoms with Crippen molar-refractivity contribution in [1.82, 2.24) is 9.88 Å². The van der Waals surface area contributed by atoms with Crippen molar-refractivity contribution >= 4 is 16.6 Å². The van der Waals surface area contributed by atoms with Gasteiger partial charge in [0.2, 0.25) is 0 Å². The van der Waals surface area contributed by atoms with Gasteiger partial charge in [-0.3, -0.25) is 0 Å². The summed E-state index contributed by atoms with van der Waals surface area (Å²) in [6.45, 7) is 16.1. The van der Waals surface area contributed by atoms with Gasteiger partial charge in [0.25, 0.3) is 0 Å². The fourth-order valence-electron chi connectivity index (χ4n) is 4.15. The number of nitrogens with zero attached hydrogens (tertiary/aromatic N) is 2. The summed E-state index contributed by atoms with van der Waals surface area (Å²) < 4.78 is 2.47. The Labute approximate surface area is 155 Å². The summed E-state index contributed by atoms with van der Waals surface area (Å²) in [5.41, 5.74) is 8.25. The number of hydrogen-bond acceptors (Lipinski definition) is 1. The minimum atomic E-state index is 0.524. The van der Waals surface area contributed by atoms with E-state index in [2.05, 4.69) is 65.1 Å². The standard InChI is InChI=1S/C23H25N3/c1-15-6-5-7-19(17(15)3)21-14-26(18-8-10-25-11-9-18)23-12-16(2)22(24-4)13-20(21)23/h5-7,12-14,18,25H,8-11H2,1-3H3. The van der Waals surface area contributed by atoms with Gasteiger partial charge >= 0.3 is 0 Å². The molecule has 0 amide bonds. The third-order valence-electron chi connectivity index (χ3n) is 5.87. The van der Waals surface area contributed by atoms with Crippen LogP contribution in [-0.4, -0.2) is 17.7 Å². The second kappa shape index (κ2) is 6.63. The highest BCUT2D eigenvalue weighted by molar-refractivity contribution is 5.99. The lowest BCUT2D eigenvalue weighted by Crippen LogP contribution is -2.29. The van der Waals surface area contributed by atoms with Gasteiger partial charge in [-0.1, -0.05) is 18.2 Å². The highest BCUT2D eigenvalue weighted by atomic mass is 15.0. The first-order chi connectivity index (χ1) is 12.6. The highest BCUT2D eigenvalue weighted by Crippen LogP contribution is 2.39. The van der Waals surface area contributed by atoms with Gasteiger partial charge in [0, 0.05) is 23.3 Å². The van der Waals surface area contributed by atoms with Crippen LogP contribution in [0.3, 0.4) is 0 Å². The third-order valence-corrected chi connectivity index (χ3v) is 5.87. The summed E-state index contributed by atoms with van der Waals surface area (Å²) in [6.07, 6.45) is 4.63. The van der Waals surface area contributed by atoms with Gasteiger partial charge in [-0.2, -0.15) is 0 Å². The smallest absolute Gasteiger partial charge is 0.190 e. The number of rotatable bonds is 2. The van der Waals surface area contributed by atoms with Crippen molar-refractivity contribution in [2.45, 2.75) is 39.7 Å². The first kappa shape index (κ1) is 16.9. The van der Waals surface area contributed by atoms with Crippen LogP contribution < -0.4 is 5.32 Å². The van der Waals surface area contributed by atoms with Gasteiger partial charge in [0.15, 0.2) is 5.69 Å². The summed E-state index contributed by atoms with van der Waals surface area (Å²) in [5, 5.41) is 4.67. The maximum atomic E-state index is 7.52. The second-order valence-electron chi connectivity index (χ2n) is 7.45. The Morgan fingerprint density at radius 3 is 2.54 bits per heavy atom. The zero-order valence-electron chi connectivity index (χ0n) is 15.8. The minimum absolute atomic E-state index is 0.524. The third kappa shape index (κ3) is 2.71. The van der Waals surface area contributed by atoms with E-state index >= 15 is 0 Å². The first-order valence-electron chi connectivity index (χ1n) is 9.40. The van der Waals surface area contributed by atoms with Gasteiger partial charge < -0.3 is 9.88 Å². The van der Waals surface area contributed by atoms with E-state index in [0.29, 0.717) is 6.04 Å². The van der Waals surface area contributed by atoms with E-state index < -0.39 is 0 Å². The van der Waals surface area contributed by atoms with E-state index in [4.69, 9.17) is 6.57 Å². The van der Waals surface area contributed by atoms with Gasteiger partial charge in [-0.05, 0) is 86.5 Å². The molecule has 3 nitrogen and oxygen atoms in total. The van der Waals surface area contributed by atoms with Crippen LogP contribution in [0.1, 0.15) is 35.6 Å². The Morgan fingerprint density at radius 2 is 1.81 bits per heavy atom. The van der Waals surface area contributed by atoms with Crippen LogP contribution in [0.5, 0.6) is 0 Å². The predicted molar refractivity (Wildman–Crippen MR) is 109 cm³/mol. The molecule has 0 radical (unpaired) electrons. The molecule has 0 aliphatic carbocycles. The molecule has 4 rings (SSSR count). The van der Waals surface area contributed by atoms with Crippen LogP contribution >= 0.6 is 0 Å². The molecule has 1 aliphatic heterocycles. The van der Waals surface area contributed by atoms with Crippen LogP contribution in [-0.2, 0) is 0 Å². The number of aromatic nitrogens is 1. The lowest BCUT2D eigenvalue weighted by Gasteiger charge is -2.25. The monoisotopic (exact) mass is 343 g/mol.